The molecule has 0 unspecified atom stereocenters. The van der Waals surface area contributed by atoms with Gasteiger partial charge >= 0.3 is 0 Å². The summed E-state index contributed by atoms with van der Waals surface area (Å²) in [6.07, 6.45) is 2.25. The molecule has 6 nitrogen and oxygen atoms in total. The van der Waals surface area contributed by atoms with Crippen molar-refractivity contribution in [2.24, 2.45) is 5.10 Å². The molecule has 0 radical (unpaired) electrons. The highest BCUT2D eigenvalue weighted by molar-refractivity contribution is 5.95. The first-order chi connectivity index (χ1) is 15.6. The van der Waals surface area contributed by atoms with Gasteiger partial charge in [0, 0.05) is 17.5 Å². The highest BCUT2D eigenvalue weighted by atomic mass is 16.5. The van der Waals surface area contributed by atoms with E-state index in [1.807, 2.05) is 36.4 Å². The van der Waals surface area contributed by atoms with E-state index >= 15 is 0 Å². The quantitative estimate of drug-likeness (QED) is 0.280. The number of para-hydroxylation sites is 1. The van der Waals surface area contributed by atoms with Crippen molar-refractivity contribution in [3.8, 4) is 17.2 Å². The topological polar surface area (TPSA) is 69.2 Å². The van der Waals surface area contributed by atoms with Gasteiger partial charge in [-0.2, -0.15) is 5.10 Å². The molecule has 1 amide bonds. The Bertz CT molecular complexity index is 1060. The molecule has 3 rings (SSSR count). The SMILES string of the molecule is COc1cccc(C=NNC(=O)c2ccccc2)c1OCCCOc1ccc(C)c(C)c1. The average Bonchev–Trinajstić information content (AvgIpc) is 2.82. The smallest absolute Gasteiger partial charge is 0.271 e. The van der Waals surface area contributed by atoms with Crippen molar-refractivity contribution in [1.82, 2.24) is 5.43 Å². The molecular weight excluding hydrogens is 404 g/mol. The third-order valence-corrected chi connectivity index (χ3v) is 4.92. The zero-order valence-electron chi connectivity index (χ0n) is 18.6. The van der Waals surface area contributed by atoms with Gasteiger partial charge in [0.15, 0.2) is 11.5 Å². The number of rotatable bonds is 10. The lowest BCUT2D eigenvalue weighted by Gasteiger charge is -2.13. The standard InChI is InChI=1S/C26H28N2O4/c1-19-13-14-23(17-20(19)2)31-15-8-16-32-25-22(11-7-12-24(25)30-3)18-27-28-26(29)21-9-5-4-6-10-21/h4-7,9-14,17-18H,8,15-16H2,1-3H3,(H,28,29). The van der Waals surface area contributed by atoms with E-state index in [0.29, 0.717) is 42.3 Å². The fourth-order valence-electron chi connectivity index (χ4n) is 2.99. The lowest BCUT2D eigenvalue weighted by atomic mass is 10.1. The van der Waals surface area contributed by atoms with Crippen LogP contribution in [0.2, 0.25) is 0 Å². The Morgan fingerprint density at radius 1 is 0.938 bits per heavy atom. The summed E-state index contributed by atoms with van der Waals surface area (Å²) in [4.78, 5) is 12.1. The number of ether oxygens (including phenoxy) is 3. The third kappa shape index (κ3) is 6.35. The van der Waals surface area contributed by atoms with E-state index in [2.05, 4.69) is 30.4 Å². The van der Waals surface area contributed by atoms with E-state index in [4.69, 9.17) is 14.2 Å². The molecule has 0 fully saturated rings. The van der Waals surface area contributed by atoms with E-state index in [1.165, 1.54) is 11.1 Å². The molecule has 32 heavy (non-hydrogen) atoms. The van der Waals surface area contributed by atoms with Crippen LogP contribution in [-0.2, 0) is 0 Å². The first-order valence-electron chi connectivity index (χ1n) is 10.5. The summed E-state index contributed by atoms with van der Waals surface area (Å²) < 4.78 is 17.2. The summed E-state index contributed by atoms with van der Waals surface area (Å²) in [6.45, 7) is 5.13. The molecule has 0 saturated heterocycles. The van der Waals surface area contributed by atoms with Crippen molar-refractivity contribution >= 4 is 12.1 Å². The fourth-order valence-corrected chi connectivity index (χ4v) is 2.99. The van der Waals surface area contributed by atoms with Gasteiger partial charge < -0.3 is 14.2 Å². The van der Waals surface area contributed by atoms with E-state index < -0.39 is 0 Å². The minimum Gasteiger partial charge on any atom is -0.493 e. The van der Waals surface area contributed by atoms with Crippen LogP contribution in [0.3, 0.4) is 0 Å². The molecule has 0 aliphatic heterocycles. The Morgan fingerprint density at radius 3 is 2.47 bits per heavy atom. The molecule has 0 spiro atoms. The van der Waals surface area contributed by atoms with Crippen LogP contribution < -0.4 is 19.6 Å². The monoisotopic (exact) mass is 432 g/mol. The van der Waals surface area contributed by atoms with Crippen LogP contribution in [0.5, 0.6) is 17.2 Å². The highest BCUT2D eigenvalue weighted by Gasteiger charge is 2.10. The number of nitrogens with one attached hydrogen (secondary N) is 1. The second-order valence-electron chi connectivity index (χ2n) is 7.24. The molecule has 0 aliphatic rings. The molecule has 0 saturated carbocycles. The van der Waals surface area contributed by atoms with E-state index in [1.54, 1.807) is 37.6 Å². The summed E-state index contributed by atoms with van der Waals surface area (Å²) in [7, 11) is 1.59. The van der Waals surface area contributed by atoms with E-state index in [9.17, 15) is 4.79 Å². The van der Waals surface area contributed by atoms with Crippen molar-refractivity contribution < 1.29 is 19.0 Å². The second-order valence-corrected chi connectivity index (χ2v) is 7.24. The second kappa shape index (κ2) is 11.6. The van der Waals surface area contributed by atoms with Gasteiger partial charge in [-0.25, -0.2) is 5.43 Å². The number of hydrogen-bond donors (Lipinski definition) is 1. The van der Waals surface area contributed by atoms with Gasteiger partial charge in [0.25, 0.3) is 5.91 Å². The predicted molar refractivity (Wildman–Crippen MR) is 126 cm³/mol. The van der Waals surface area contributed by atoms with Crippen LogP contribution in [-0.4, -0.2) is 32.4 Å². The Balaban J connectivity index is 1.56. The maximum absolute atomic E-state index is 12.1. The summed E-state index contributed by atoms with van der Waals surface area (Å²) in [5, 5.41) is 4.07. The molecule has 166 valence electrons. The number of hydrazone groups is 1. The lowest BCUT2D eigenvalue weighted by Crippen LogP contribution is -2.17. The van der Waals surface area contributed by atoms with Gasteiger partial charge in [-0.15, -0.1) is 0 Å². The van der Waals surface area contributed by atoms with Gasteiger partial charge in [-0.1, -0.05) is 30.3 Å². The minimum absolute atomic E-state index is 0.282. The van der Waals surface area contributed by atoms with E-state index in [0.717, 1.165) is 5.75 Å². The molecule has 0 aromatic heterocycles. The van der Waals surface area contributed by atoms with Crippen molar-refractivity contribution in [2.75, 3.05) is 20.3 Å². The highest BCUT2D eigenvalue weighted by Crippen LogP contribution is 2.30. The largest absolute Gasteiger partial charge is 0.493 e. The van der Waals surface area contributed by atoms with Crippen LogP contribution in [0.4, 0.5) is 0 Å². The lowest BCUT2D eigenvalue weighted by molar-refractivity contribution is 0.0955. The summed E-state index contributed by atoms with van der Waals surface area (Å²) in [5.41, 5.74) is 6.21. The molecular formula is C26H28N2O4. The number of carbonyl (C=O) groups is 1. The number of aryl methyl sites for hydroxylation is 2. The van der Waals surface area contributed by atoms with Gasteiger partial charge in [-0.3, -0.25) is 4.79 Å². The molecule has 1 N–H and O–H groups in total. The molecule has 0 heterocycles. The first kappa shape index (κ1) is 22.9. The molecule has 3 aromatic rings. The molecule has 0 bridgehead atoms. The van der Waals surface area contributed by atoms with Gasteiger partial charge in [-0.05, 0) is 61.4 Å². The number of carbonyl (C=O) groups excluding carboxylic acids is 1. The van der Waals surface area contributed by atoms with Crippen LogP contribution in [0, 0.1) is 13.8 Å². The number of amides is 1. The average molecular weight is 433 g/mol. The van der Waals surface area contributed by atoms with Gasteiger partial charge in [0.05, 0.1) is 26.5 Å². The number of nitrogens with zero attached hydrogens (tertiary/aromatic N) is 1. The molecule has 3 aromatic carbocycles. The van der Waals surface area contributed by atoms with Crippen LogP contribution in [0.1, 0.15) is 33.5 Å². The van der Waals surface area contributed by atoms with Gasteiger partial charge in [0.2, 0.25) is 0 Å². The zero-order chi connectivity index (χ0) is 22.8. The van der Waals surface area contributed by atoms with Crippen LogP contribution in [0.25, 0.3) is 0 Å². The van der Waals surface area contributed by atoms with Crippen molar-refractivity contribution in [2.45, 2.75) is 20.3 Å². The number of methoxy groups -OCH3 is 1. The first-order valence-corrected chi connectivity index (χ1v) is 10.5. The Morgan fingerprint density at radius 2 is 1.72 bits per heavy atom. The van der Waals surface area contributed by atoms with Gasteiger partial charge in [0.1, 0.15) is 5.75 Å². The Kier molecular flexibility index (Phi) is 8.26. The third-order valence-electron chi connectivity index (χ3n) is 4.92. The van der Waals surface area contributed by atoms with Crippen LogP contribution in [0.15, 0.2) is 71.8 Å². The van der Waals surface area contributed by atoms with E-state index in [-0.39, 0.29) is 5.91 Å². The number of hydrogen-bond acceptors (Lipinski definition) is 5. The fraction of sp³-hybridized carbons (Fsp3) is 0.231. The summed E-state index contributed by atoms with van der Waals surface area (Å²) >= 11 is 0. The maximum atomic E-state index is 12.1. The van der Waals surface area contributed by atoms with Crippen molar-refractivity contribution in [3.05, 3.63) is 89.0 Å². The molecule has 6 heteroatoms. The van der Waals surface area contributed by atoms with Crippen LogP contribution >= 0.6 is 0 Å². The predicted octanol–water partition coefficient (Wildman–Crippen LogP) is 4.92. The summed E-state index contributed by atoms with van der Waals surface area (Å²) in [5.74, 6) is 1.74. The minimum atomic E-state index is -0.282. The normalized spacial score (nSPS) is 10.7. The Hall–Kier alpha value is -3.80. The van der Waals surface area contributed by atoms with Crippen molar-refractivity contribution in [3.63, 3.8) is 0 Å². The summed E-state index contributed by atoms with van der Waals surface area (Å²) in [6, 6.07) is 20.5. The maximum Gasteiger partial charge on any atom is 0.271 e. The number of benzene rings is 3. The molecule has 0 aliphatic carbocycles. The Labute approximate surface area is 188 Å². The zero-order valence-corrected chi connectivity index (χ0v) is 18.6. The molecule has 0 atom stereocenters. The van der Waals surface area contributed by atoms with Crippen molar-refractivity contribution in [1.29, 1.82) is 0 Å².